The van der Waals surface area contributed by atoms with Crippen LogP contribution in [0.2, 0.25) is 0 Å². The molecule has 1 aromatic carbocycles. The first-order valence-corrected chi connectivity index (χ1v) is 10.0. The van der Waals surface area contributed by atoms with E-state index in [0.717, 1.165) is 42.5 Å². The lowest BCUT2D eigenvalue weighted by Gasteiger charge is -2.17. The van der Waals surface area contributed by atoms with Crippen LogP contribution in [-0.2, 0) is 6.61 Å². The van der Waals surface area contributed by atoms with Gasteiger partial charge in [0.05, 0.1) is 5.69 Å². The second-order valence-corrected chi connectivity index (χ2v) is 7.34. The minimum Gasteiger partial charge on any atom is -0.486 e. The smallest absolute Gasteiger partial charge is 0.263 e. The molecule has 0 radical (unpaired) electrons. The fraction of sp³-hybridized carbons (Fsp3) is 0.500. The number of hydrogen-bond donors (Lipinski definition) is 1. The molecule has 0 aliphatic carbocycles. The molecule has 0 saturated heterocycles. The van der Waals surface area contributed by atoms with Gasteiger partial charge >= 0.3 is 0 Å². The van der Waals surface area contributed by atoms with E-state index in [1.54, 1.807) is 0 Å². The van der Waals surface area contributed by atoms with E-state index < -0.39 is 0 Å². The van der Waals surface area contributed by atoms with Gasteiger partial charge < -0.3 is 15.0 Å². The normalized spacial score (nSPS) is 11.0. The zero-order chi connectivity index (χ0) is 18.9. The van der Waals surface area contributed by atoms with E-state index in [4.69, 9.17) is 4.74 Å². The number of aryl methyl sites for hydroxylation is 2. The maximum absolute atomic E-state index is 12.4. The van der Waals surface area contributed by atoms with Crippen LogP contribution in [0.25, 0.3) is 0 Å². The van der Waals surface area contributed by atoms with Crippen LogP contribution < -0.4 is 10.1 Å². The van der Waals surface area contributed by atoms with Crippen molar-refractivity contribution in [2.45, 2.75) is 40.7 Å². The van der Waals surface area contributed by atoms with Crippen LogP contribution in [0.5, 0.6) is 5.75 Å². The molecule has 1 amide bonds. The summed E-state index contributed by atoms with van der Waals surface area (Å²) in [6.45, 7) is 12.4. The predicted octanol–water partition coefficient (Wildman–Crippen LogP) is 3.80. The Bertz CT molecular complexity index is 694. The molecule has 2 aromatic rings. The Kier molecular flexibility index (Phi) is 8.06. The fourth-order valence-electron chi connectivity index (χ4n) is 2.63. The number of ether oxygens (including phenoxy) is 1. The number of carbonyl (C=O) groups is 1. The summed E-state index contributed by atoms with van der Waals surface area (Å²) < 4.78 is 5.76. The van der Waals surface area contributed by atoms with Gasteiger partial charge in [-0.25, -0.2) is 4.98 Å². The van der Waals surface area contributed by atoms with Crippen molar-refractivity contribution in [1.29, 1.82) is 0 Å². The molecule has 1 aromatic heterocycles. The standard InChI is InChI=1S/C20H29N3O2S/c1-5-23(6-2)13-7-12-21-20(24)19-16(4)22-18(26-19)14-25-17-10-8-15(3)9-11-17/h8-11H,5-7,12-14H2,1-4H3,(H,21,24). The molecule has 0 unspecified atom stereocenters. The molecule has 142 valence electrons. The van der Waals surface area contributed by atoms with E-state index in [0.29, 0.717) is 18.0 Å². The van der Waals surface area contributed by atoms with Crippen LogP contribution in [0.4, 0.5) is 0 Å². The maximum Gasteiger partial charge on any atom is 0.263 e. The largest absolute Gasteiger partial charge is 0.486 e. The van der Waals surface area contributed by atoms with Crippen LogP contribution in [0.3, 0.4) is 0 Å². The Morgan fingerprint density at radius 2 is 1.88 bits per heavy atom. The maximum atomic E-state index is 12.4. The third kappa shape index (κ3) is 6.11. The third-order valence-electron chi connectivity index (χ3n) is 4.26. The van der Waals surface area contributed by atoms with E-state index in [2.05, 4.69) is 29.0 Å². The van der Waals surface area contributed by atoms with Crippen molar-refractivity contribution < 1.29 is 9.53 Å². The third-order valence-corrected chi connectivity index (χ3v) is 5.39. The molecular formula is C20H29N3O2S. The number of nitrogens with zero attached hydrogens (tertiary/aromatic N) is 2. The number of nitrogens with one attached hydrogen (secondary N) is 1. The lowest BCUT2D eigenvalue weighted by atomic mass is 10.2. The molecule has 0 aliphatic rings. The number of hydrogen-bond acceptors (Lipinski definition) is 5. The van der Waals surface area contributed by atoms with Gasteiger partial charge in [-0.3, -0.25) is 4.79 Å². The molecule has 0 bridgehead atoms. The monoisotopic (exact) mass is 375 g/mol. The summed E-state index contributed by atoms with van der Waals surface area (Å²) in [5, 5.41) is 3.82. The van der Waals surface area contributed by atoms with Crippen molar-refractivity contribution in [3.05, 3.63) is 45.4 Å². The lowest BCUT2D eigenvalue weighted by molar-refractivity contribution is 0.0955. The van der Waals surface area contributed by atoms with E-state index >= 15 is 0 Å². The highest BCUT2D eigenvalue weighted by molar-refractivity contribution is 7.13. The number of thiazole rings is 1. The van der Waals surface area contributed by atoms with Gasteiger partial charge in [-0.05, 0) is 52.0 Å². The van der Waals surface area contributed by atoms with Gasteiger partial charge in [0.15, 0.2) is 0 Å². The van der Waals surface area contributed by atoms with Crippen LogP contribution in [0, 0.1) is 13.8 Å². The number of carbonyl (C=O) groups excluding carboxylic acids is 1. The number of benzene rings is 1. The zero-order valence-corrected chi connectivity index (χ0v) is 17.0. The van der Waals surface area contributed by atoms with Gasteiger partial charge in [-0.15, -0.1) is 11.3 Å². The zero-order valence-electron chi connectivity index (χ0n) is 16.2. The molecule has 1 heterocycles. The second kappa shape index (κ2) is 10.3. The molecule has 1 N–H and O–H groups in total. The number of aromatic nitrogens is 1. The average molecular weight is 376 g/mol. The molecule has 2 rings (SSSR count). The van der Waals surface area contributed by atoms with Gasteiger partial charge in [0.2, 0.25) is 0 Å². The molecule has 0 atom stereocenters. The molecule has 0 aliphatic heterocycles. The van der Waals surface area contributed by atoms with Gasteiger partial charge in [0.1, 0.15) is 22.2 Å². The molecule has 0 spiro atoms. The van der Waals surface area contributed by atoms with Crippen molar-refractivity contribution in [3.8, 4) is 5.75 Å². The van der Waals surface area contributed by atoms with Crippen molar-refractivity contribution >= 4 is 17.2 Å². The van der Waals surface area contributed by atoms with Crippen LogP contribution in [0.1, 0.15) is 46.2 Å². The molecule has 6 heteroatoms. The van der Waals surface area contributed by atoms with E-state index in [1.807, 2.05) is 38.1 Å². The highest BCUT2D eigenvalue weighted by Crippen LogP contribution is 2.20. The summed E-state index contributed by atoms with van der Waals surface area (Å²) in [5.74, 6) is 0.770. The Balaban J connectivity index is 1.82. The van der Waals surface area contributed by atoms with Crippen LogP contribution >= 0.6 is 11.3 Å². The van der Waals surface area contributed by atoms with Gasteiger partial charge in [-0.1, -0.05) is 31.5 Å². The summed E-state index contributed by atoms with van der Waals surface area (Å²) in [6, 6.07) is 7.91. The highest BCUT2D eigenvalue weighted by atomic mass is 32.1. The Hall–Kier alpha value is -1.92. The average Bonchev–Trinajstić information content (AvgIpc) is 3.02. The molecule has 0 saturated carbocycles. The number of rotatable bonds is 10. The Morgan fingerprint density at radius 1 is 1.19 bits per heavy atom. The first-order chi connectivity index (χ1) is 12.5. The summed E-state index contributed by atoms with van der Waals surface area (Å²) in [5.41, 5.74) is 1.96. The van der Waals surface area contributed by atoms with E-state index in [9.17, 15) is 4.79 Å². The minimum absolute atomic E-state index is 0.0406. The highest BCUT2D eigenvalue weighted by Gasteiger charge is 2.15. The first kappa shape index (κ1) is 20.4. The molecule has 5 nitrogen and oxygen atoms in total. The molecule has 0 fully saturated rings. The van der Waals surface area contributed by atoms with Gasteiger partial charge in [-0.2, -0.15) is 0 Å². The Labute approximate surface area is 160 Å². The van der Waals surface area contributed by atoms with Crippen molar-refractivity contribution in [1.82, 2.24) is 15.2 Å². The first-order valence-electron chi connectivity index (χ1n) is 9.19. The topological polar surface area (TPSA) is 54.5 Å². The SMILES string of the molecule is CCN(CC)CCCNC(=O)c1sc(COc2ccc(C)cc2)nc1C. The van der Waals surface area contributed by atoms with E-state index in [-0.39, 0.29) is 5.91 Å². The Morgan fingerprint density at radius 3 is 2.54 bits per heavy atom. The summed E-state index contributed by atoms with van der Waals surface area (Å²) in [6.07, 6.45) is 0.953. The molecule has 26 heavy (non-hydrogen) atoms. The summed E-state index contributed by atoms with van der Waals surface area (Å²) >= 11 is 1.40. The summed E-state index contributed by atoms with van der Waals surface area (Å²) in [7, 11) is 0. The number of amides is 1. The fourth-order valence-corrected chi connectivity index (χ4v) is 3.52. The van der Waals surface area contributed by atoms with Crippen LogP contribution in [0.15, 0.2) is 24.3 Å². The lowest BCUT2D eigenvalue weighted by Crippen LogP contribution is -2.29. The van der Waals surface area contributed by atoms with Crippen LogP contribution in [-0.4, -0.2) is 42.0 Å². The van der Waals surface area contributed by atoms with Crippen molar-refractivity contribution in [3.63, 3.8) is 0 Å². The van der Waals surface area contributed by atoms with Gasteiger partial charge in [0.25, 0.3) is 5.91 Å². The molecular weight excluding hydrogens is 346 g/mol. The van der Waals surface area contributed by atoms with Crippen molar-refractivity contribution in [2.24, 2.45) is 0 Å². The van der Waals surface area contributed by atoms with E-state index in [1.165, 1.54) is 16.9 Å². The second-order valence-electron chi connectivity index (χ2n) is 6.26. The quantitative estimate of drug-likeness (QED) is 0.642. The van der Waals surface area contributed by atoms with Crippen molar-refractivity contribution in [2.75, 3.05) is 26.2 Å². The van der Waals surface area contributed by atoms with Gasteiger partial charge in [0, 0.05) is 6.54 Å². The minimum atomic E-state index is -0.0406. The summed E-state index contributed by atoms with van der Waals surface area (Å²) in [4.78, 5) is 19.9. The predicted molar refractivity (Wildman–Crippen MR) is 107 cm³/mol.